The van der Waals surface area contributed by atoms with Gasteiger partial charge in [0.05, 0.1) is 12.3 Å². The summed E-state index contributed by atoms with van der Waals surface area (Å²) in [5.41, 5.74) is 5.68. The van der Waals surface area contributed by atoms with Gasteiger partial charge < -0.3 is 15.2 Å². The first-order valence-electron chi connectivity index (χ1n) is 7.57. The summed E-state index contributed by atoms with van der Waals surface area (Å²) in [4.78, 5) is 14.3. The number of rotatable bonds is 5. The van der Waals surface area contributed by atoms with Crippen molar-refractivity contribution in [2.24, 2.45) is 11.7 Å². The summed E-state index contributed by atoms with van der Waals surface area (Å²) in [6.07, 6.45) is 2.33. The van der Waals surface area contributed by atoms with Gasteiger partial charge in [-0.3, -0.25) is 4.79 Å². The molecule has 6 nitrogen and oxygen atoms in total. The molecule has 0 bridgehead atoms. The fourth-order valence-electron chi connectivity index (χ4n) is 2.70. The first-order valence-corrected chi connectivity index (χ1v) is 8.56. The van der Waals surface area contributed by atoms with E-state index >= 15 is 0 Å². The lowest BCUT2D eigenvalue weighted by Gasteiger charge is -2.30. The molecule has 2 N–H and O–H groups in total. The molecule has 21 heavy (non-hydrogen) atoms. The average molecular weight is 311 g/mol. The quantitative estimate of drug-likeness (QED) is 0.837. The predicted octanol–water partition coefficient (Wildman–Crippen LogP) is 1.67. The normalized spacial score (nSPS) is 19.3. The van der Waals surface area contributed by atoms with Gasteiger partial charge in [0.1, 0.15) is 5.82 Å². The van der Waals surface area contributed by atoms with Crippen LogP contribution in [0.3, 0.4) is 0 Å². The molecule has 0 aliphatic carbocycles. The molecule has 1 amide bonds. The molecule has 1 fully saturated rings. The van der Waals surface area contributed by atoms with Gasteiger partial charge >= 0.3 is 0 Å². The van der Waals surface area contributed by atoms with E-state index in [0.717, 1.165) is 30.5 Å². The zero-order chi connectivity index (χ0) is 15.4. The van der Waals surface area contributed by atoms with Crippen LogP contribution in [0.2, 0.25) is 0 Å². The Morgan fingerprint density at radius 3 is 2.86 bits per heavy atom. The van der Waals surface area contributed by atoms with Gasteiger partial charge in [-0.05, 0) is 32.6 Å². The van der Waals surface area contributed by atoms with Crippen LogP contribution in [0.5, 0.6) is 0 Å². The van der Waals surface area contributed by atoms with Gasteiger partial charge in [0, 0.05) is 19.1 Å². The van der Waals surface area contributed by atoms with Crippen LogP contribution >= 0.6 is 11.8 Å². The Morgan fingerprint density at radius 1 is 1.48 bits per heavy atom. The Bertz CT molecular complexity index is 488. The SMILES string of the molecule is CC1CCCN(C(=O)CSc2nnc(CN)n2C(C)C)C1. The number of hydrogen-bond acceptors (Lipinski definition) is 5. The van der Waals surface area contributed by atoms with Crippen LogP contribution in [0, 0.1) is 5.92 Å². The van der Waals surface area contributed by atoms with Crippen molar-refractivity contribution in [3.63, 3.8) is 0 Å². The highest BCUT2D eigenvalue weighted by Gasteiger charge is 2.22. The van der Waals surface area contributed by atoms with E-state index in [4.69, 9.17) is 5.73 Å². The molecule has 1 saturated heterocycles. The zero-order valence-corrected chi connectivity index (χ0v) is 13.9. The summed E-state index contributed by atoms with van der Waals surface area (Å²) in [6, 6.07) is 0.242. The van der Waals surface area contributed by atoms with Crippen LogP contribution in [0.4, 0.5) is 0 Å². The number of nitrogens with zero attached hydrogens (tertiary/aromatic N) is 4. The molecule has 1 aromatic rings. The van der Waals surface area contributed by atoms with E-state index in [1.54, 1.807) is 0 Å². The highest BCUT2D eigenvalue weighted by Crippen LogP contribution is 2.23. The number of hydrogen-bond donors (Lipinski definition) is 1. The van der Waals surface area contributed by atoms with Crippen molar-refractivity contribution in [3.8, 4) is 0 Å². The van der Waals surface area contributed by atoms with Crippen LogP contribution in [0.15, 0.2) is 5.16 Å². The standard InChI is InChI=1S/C14H25N5OS/c1-10(2)19-12(7-15)16-17-14(19)21-9-13(20)18-6-4-5-11(3)8-18/h10-11H,4-9,15H2,1-3H3. The fourth-order valence-corrected chi connectivity index (χ4v) is 3.69. The van der Waals surface area contributed by atoms with E-state index in [1.165, 1.54) is 18.2 Å². The second-order valence-electron chi connectivity index (χ2n) is 5.94. The molecule has 0 spiro atoms. The van der Waals surface area contributed by atoms with Gasteiger partial charge in [0.15, 0.2) is 5.16 Å². The van der Waals surface area contributed by atoms with E-state index in [0.29, 0.717) is 18.2 Å². The number of piperidine rings is 1. The number of nitrogens with two attached hydrogens (primary N) is 1. The lowest BCUT2D eigenvalue weighted by atomic mass is 10.0. The Morgan fingerprint density at radius 2 is 2.24 bits per heavy atom. The Kier molecular flexibility index (Phi) is 5.64. The van der Waals surface area contributed by atoms with Crippen molar-refractivity contribution in [1.29, 1.82) is 0 Å². The van der Waals surface area contributed by atoms with Crippen LogP contribution in [0.1, 0.15) is 45.5 Å². The Balaban J connectivity index is 1.96. The van der Waals surface area contributed by atoms with E-state index in [2.05, 4.69) is 31.0 Å². The minimum Gasteiger partial charge on any atom is -0.342 e. The average Bonchev–Trinajstić information content (AvgIpc) is 2.87. The smallest absolute Gasteiger partial charge is 0.233 e. The minimum absolute atomic E-state index is 0.194. The Hall–Kier alpha value is -1.08. The summed E-state index contributed by atoms with van der Waals surface area (Å²) in [6.45, 7) is 8.47. The number of thioether (sulfide) groups is 1. The van der Waals surface area contributed by atoms with E-state index < -0.39 is 0 Å². The van der Waals surface area contributed by atoms with Gasteiger partial charge in [0.2, 0.25) is 5.91 Å². The van der Waals surface area contributed by atoms with E-state index in [9.17, 15) is 4.79 Å². The van der Waals surface area contributed by atoms with Gasteiger partial charge in [0.25, 0.3) is 0 Å². The molecule has 118 valence electrons. The van der Waals surface area contributed by atoms with E-state index in [-0.39, 0.29) is 11.9 Å². The lowest BCUT2D eigenvalue weighted by Crippen LogP contribution is -2.40. The molecule has 1 aliphatic heterocycles. The molecule has 0 radical (unpaired) electrons. The number of carbonyl (C=O) groups is 1. The third kappa shape index (κ3) is 3.97. The van der Waals surface area contributed by atoms with Gasteiger partial charge in [-0.25, -0.2) is 0 Å². The molecule has 1 unspecified atom stereocenters. The third-order valence-corrected chi connectivity index (χ3v) is 4.70. The number of likely N-dealkylation sites (tertiary alicyclic amines) is 1. The second-order valence-corrected chi connectivity index (χ2v) is 6.89. The molecular weight excluding hydrogens is 286 g/mol. The molecule has 2 rings (SSSR count). The van der Waals surface area contributed by atoms with Crippen molar-refractivity contribution in [2.75, 3.05) is 18.8 Å². The number of carbonyl (C=O) groups excluding carboxylic acids is 1. The van der Waals surface area contributed by atoms with E-state index in [1.807, 2.05) is 9.47 Å². The van der Waals surface area contributed by atoms with Crippen molar-refractivity contribution in [1.82, 2.24) is 19.7 Å². The lowest BCUT2D eigenvalue weighted by molar-refractivity contribution is -0.130. The fraction of sp³-hybridized carbons (Fsp3) is 0.786. The molecule has 2 heterocycles. The molecule has 1 atom stereocenters. The van der Waals surface area contributed by atoms with Gasteiger partial charge in [-0.1, -0.05) is 18.7 Å². The molecule has 1 aromatic heterocycles. The van der Waals surface area contributed by atoms with Gasteiger partial charge in [-0.15, -0.1) is 10.2 Å². The summed E-state index contributed by atoms with van der Waals surface area (Å²) in [7, 11) is 0. The Labute approximate surface area is 130 Å². The molecule has 0 aromatic carbocycles. The summed E-state index contributed by atoms with van der Waals surface area (Å²) < 4.78 is 2.01. The van der Waals surface area contributed by atoms with Crippen LogP contribution in [-0.2, 0) is 11.3 Å². The molecule has 1 aliphatic rings. The summed E-state index contributed by atoms with van der Waals surface area (Å²) in [5, 5.41) is 9.05. The van der Waals surface area contributed by atoms with Gasteiger partial charge in [-0.2, -0.15) is 0 Å². The van der Waals surface area contributed by atoms with Crippen LogP contribution in [0.25, 0.3) is 0 Å². The van der Waals surface area contributed by atoms with Crippen LogP contribution < -0.4 is 5.73 Å². The monoisotopic (exact) mass is 311 g/mol. The summed E-state index contributed by atoms with van der Waals surface area (Å²) in [5.74, 6) is 1.99. The van der Waals surface area contributed by atoms with Crippen molar-refractivity contribution < 1.29 is 4.79 Å². The first kappa shape index (κ1) is 16.3. The largest absolute Gasteiger partial charge is 0.342 e. The number of aromatic nitrogens is 3. The topological polar surface area (TPSA) is 77.0 Å². The highest BCUT2D eigenvalue weighted by atomic mass is 32.2. The zero-order valence-electron chi connectivity index (χ0n) is 13.1. The molecular formula is C14H25N5OS. The first-order chi connectivity index (χ1) is 10.0. The van der Waals surface area contributed by atoms with Crippen molar-refractivity contribution in [3.05, 3.63) is 5.82 Å². The van der Waals surface area contributed by atoms with Crippen LogP contribution in [-0.4, -0.2) is 44.4 Å². The summed E-state index contributed by atoms with van der Waals surface area (Å²) >= 11 is 1.46. The minimum atomic E-state index is 0.194. The van der Waals surface area contributed by atoms with Crippen molar-refractivity contribution in [2.45, 2.75) is 51.4 Å². The predicted molar refractivity (Wildman–Crippen MR) is 84.0 cm³/mol. The third-order valence-electron chi connectivity index (χ3n) is 3.77. The second kappa shape index (κ2) is 7.26. The maximum atomic E-state index is 12.3. The maximum Gasteiger partial charge on any atom is 0.233 e. The highest BCUT2D eigenvalue weighted by molar-refractivity contribution is 7.99. The van der Waals surface area contributed by atoms with Crippen molar-refractivity contribution >= 4 is 17.7 Å². The molecule has 0 saturated carbocycles. The maximum absolute atomic E-state index is 12.3. The molecule has 7 heteroatoms. The number of amides is 1.